The van der Waals surface area contributed by atoms with Crippen LogP contribution in [0.1, 0.15) is 23.3 Å². The molecule has 0 unspecified atom stereocenters. The highest BCUT2D eigenvalue weighted by Crippen LogP contribution is 2.37. The van der Waals surface area contributed by atoms with E-state index in [-0.39, 0.29) is 19.8 Å². The summed E-state index contributed by atoms with van der Waals surface area (Å²) in [5.41, 5.74) is 14.1. The van der Waals surface area contributed by atoms with Gasteiger partial charge in [0, 0.05) is 87.6 Å². The van der Waals surface area contributed by atoms with Gasteiger partial charge in [-0.25, -0.2) is 4.98 Å². The fraction of sp³-hybridized carbons (Fsp3) is 0.0941. The number of rotatable bonds is 20. The number of ether oxygens (including phenoxy) is 7. The molecule has 0 saturated heterocycles. The average Bonchev–Trinajstić information content (AvgIpc) is 1.60. The number of para-hydroxylation sites is 1. The number of hydrogen-bond acceptors (Lipinski definition) is 26. The number of benzene rings is 6. The molecule has 14 heterocycles. The summed E-state index contributed by atoms with van der Waals surface area (Å²) in [6.07, 6.45) is 8.52. The molecule has 115 heavy (non-hydrogen) atoms. The van der Waals surface area contributed by atoms with Crippen LogP contribution in [-0.4, -0.2) is 133 Å². The second kappa shape index (κ2) is 33.3. The number of methoxy groups -OCH3 is 4. The zero-order chi connectivity index (χ0) is 77.8. The van der Waals surface area contributed by atoms with Gasteiger partial charge in [-0.1, -0.05) is 109 Å². The van der Waals surface area contributed by atoms with E-state index in [1.165, 1.54) is 0 Å². The minimum Gasteiger partial charge on any atom is -0.497 e. The summed E-state index contributed by atoms with van der Waals surface area (Å²) >= 11 is 1.65. The number of pyridine rings is 5. The maximum absolute atomic E-state index is 6.09. The summed E-state index contributed by atoms with van der Waals surface area (Å²) in [4.78, 5) is 23.0. The van der Waals surface area contributed by atoms with Crippen LogP contribution in [0.2, 0.25) is 0 Å². The topological polar surface area (TPSA) is 313 Å². The van der Waals surface area contributed by atoms with E-state index in [1.54, 1.807) is 101 Å². The molecule has 0 amide bonds. The first-order valence-corrected chi connectivity index (χ1v) is 36.9. The zero-order valence-corrected chi connectivity index (χ0v) is 62.8. The number of fused-ring (bicyclic) bond motifs is 8. The molecular weight excluding hydrogens is 1470 g/mol. The number of thiophene rings is 1. The molecule has 20 aromatic rings. The molecule has 0 saturated carbocycles. The molecule has 0 aliphatic heterocycles. The predicted molar refractivity (Wildman–Crippen MR) is 434 cm³/mol. The zero-order valence-electron chi connectivity index (χ0n) is 62.0. The van der Waals surface area contributed by atoms with E-state index in [2.05, 4.69) is 81.2 Å². The minimum absolute atomic E-state index is 0.194. The highest BCUT2D eigenvalue weighted by molar-refractivity contribution is 7.13. The summed E-state index contributed by atoms with van der Waals surface area (Å²) < 4.78 is 46.3. The molecule has 0 fully saturated rings. The summed E-state index contributed by atoms with van der Waals surface area (Å²) in [6, 6.07) is 76.0. The molecular formula is C85H66N22O7S. The first-order valence-electron chi connectivity index (χ1n) is 36.0. The summed E-state index contributed by atoms with van der Waals surface area (Å²) in [5, 5.41) is 60.8. The molecule has 564 valence electrons. The Morgan fingerprint density at radius 3 is 1.32 bits per heavy atom. The number of hydrogen-bond donors (Lipinski definition) is 1. The molecule has 0 aliphatic carbocycles. The molecule has 29 nitrogen and oxygen atoms in total. The SMILES string of the molecule is COc1cc2nccc(OCc3nnc4ccc(-c5ccccc5)nn34)c2cc1OC.COc1ccc2c(NCc3nnc4ccc(-c5ccccc5)nn34)ccnc2c1.COc1cnc2c(OCc3nnc4ccc(-c5ccccc5)nn34)ccnc2c1.c1csc(-c2ccc3nnc(COc4ccnc5ccccc45)n3n2)c1. The van der Waals surface area contributed by atoms with Crippen molar-refractivity contribution in [3.8, 4) is 84.6 Å². The van der Waals surface area contributed by atoms with Gasteiger partial charge in [-0.2, -0.15) is 38.5 Å². The molecule has 14 aromatic heterocycles. The third-order valence-electron chi connectivity index (χ3n) is 18.3. The molecule has 30 heteroatoms. The van der Waals surface area contributed by atoms with Crippen molar-refractivity contribution in [2.45, 2.75) is 26.4 Å². The van der Waals surface area contributed by atoms with Crippen molar-refractivity contribution in [2.75, 3.05) is 33.8 Å². The number of aromatic nitrogens is 21. The van der Waals surface area contributed by atoms with E-state index in [4.69, 9.17) is 43.4 Å². The quantitative estimate of drug-likeness (QED) is 0.0741. The van der Waals surface area contributed by atoms with Crippen molar-refractivity contribution in [2.24, 2.45) is 0 Å². The van der Waals surface area contributed by atoms with Crippen molar-refractivity contribution in [3.05, 3.63) is 296 Å². The maximum atomic E-state index is 6.09. The number of anilines is 1. The minimum atomic E-state index is 0.194. The summed E-state index contributed by atoms with van der Waals surface area (Å²) in [7, 11) is 6.43. The van der Waals surface area contributed by atoms with E-state index < -0.39 is 0 Å². The van der Waals surface area contributed by atoms with Gasteiger partial charge in [0.15, 0.2) is 57.4 Å². The Hall–Kier alpha value is -15.6. The van der Waals surface area contributed by atoms with Gasteiger partial charge in [0.05, 0.1) is 85.2 Å². The van der Waals surface area contributed by atoms with E-state index in [0.29, 0.717) is 86.4 Å². The Bertz CT molecular complexity index is 6590. The molecule has 1 N–H and O–H groups in total. The lowest BCUT2D eigenvalue weighted by atomic mass is 10.1. The maximum Gasteiger partial charge on any atom is 0.192 e. The fourth-order valence-electron chi connectivity index (χ4n) is 12.6. The normalized spacial score (nSPS) is 11.1. The Morgan fingerprint density at radius 1 is 0.322 bits per heavy atom. The van der Waals surface area contributed by atoms with Crippen LogP contribution in [-0.2, 0) is 26.4 Å². The lowest BCUT2D eigenvalue weighted by molar-refractivity contribution is 0.295. The van der Waals surface area contributed by atoms with E-state index >= 15 is 0 Å². The second-order valence-electron chi connectivity index (χ2n) is 25.4. The predicted octanol–water partition coefficient (Wildman–Crippen LogP) is 15.2. The molecule has 20 rings (SSSR count). The van der Waals surface area contributed by atoms with Crippen LogP contribution in [0.15, 0.2) is 273 Å². The van der Waals surface area contributed by atoms with Gasteiger partial charge < -0.3 is 38.5 Å². The van der Waals surface area contributed by atoms with Crippen LogP contribution in [0.5, 0.6) is 40.2 Å². The molecule has 0 aliphatic rings. The lowest BCUT2D eigenvalue weighted by Crippen LogP contribution is -2.07. The van der Waals surface area contributed by atoms with Crippen LogP contribution in [0.4, 0.5) is 5.69 Å². The van der Waals surface area contributed by atoms with E-state index in [1.807, 2.05) is 230 Å². The van der Waals surface area contributed by atoms with Gasteiger partial charge in [-0.15, -0.1) is 52.1 Å². The molecule has 0 atom stereocenters. The largest absolute Gasteiger partial charge is 0.497 e. The number of nitrogens with one attached hydrogen (secondary N) is 1. The van der Waals surface area contributed by atoms with Gasteiger partial charge in [0.1, 0.15) is 59.8 Å². The van der Waals surface area contributed by atoms with Gasteiger partial charge >= 0.3 is 0 Å². The van der Waals surface area contributed by atoms with Crippen LogP contribution >= 0.6 is 11.3 Å². The standard InChI is InChI=1S/C23H19N5O3.C22H18N6O.C21H16N6O2.C19H13N5OS/c1-29-20-12-16-18(13-21(20)30-2)24-11-10-19(16)31-14-23-26-25-22-9-8-17(27-28(22)23)15-6-4-3-5-7-15;1-29-16-7-8-17-19(11-12-23-20(17)13-16)24-14-22-26-25-21-10-9-18(27-28(21)22)15-5-3-2-4-6-15;1-28-15-11-17-21(23-12-15)18(9-10-22-17)29-13-20-25-24-19-8-7-16(26-27(19)20)14-5-3-2-4-6-14;1-2-5-14-13(4-1)16(9-10-20-14)25-12-19-22-21-18-8-7-15(23-24(18)19)17-6-3-11-26-17/h3-13H,14H2,1-2H3;2-13H,14H2,1H3,(H,23,24);2-12H,13H2,1H3;1-11H,12H2. The molecule has 0 bridgehead atoms. The van der Waals surface area contributed by atoms with Crippen molar-refractivity contribution < 1.29 is 33.2 Å². The van der Waals surface area contributed by atoms with Gasteiger partial charge in [0.25, 0.3) is 0 Å². The first kappa shape index (κ1) is 72.3. The van der Waals surface area contributed by atoms with Crippen molar-refractivity contribution in [1.29, 1.82) is 0 Å². The van der Waals surface area contributed by atoms with Crippen LogP contribution in [0.25, 0.3) is 111 Å². The molecule has 6 aromatic carbocycles. The van der Waals surface area contributed by atoms with Crippen LogP contribution in [0.3, 0.4) is 0 Å². The lowest BCUT2D eigenvalue weighted by Gasteiger charge is -2.12. The molecule has 0 spiro atoms. The Morgan fingerprint density at radius 2 is 0.774 bits per heavy atom. The Labute approximate surface area is 658 Å². The summed E-state index contributed by atoms with van der Waals surface area (Å²) in [6.45, 7) is 1.15. The van der Waals surface area contributed by atoms with Gasteiger partial charge in [-0.3, -0.25) is 19.9 Å². The van der Waals surface area contributed by atoms with Crippen LogP contribution < -0.4 is 38.5 Å². The van der Waals surface area contributed by atoms with Crippen molar-refractivity contribution in [1.82, 2.24) is 104 Å². The monoisotopic (exact) mass is 1540 g/mol. The van der Waals surface area contributed by atoms with E-state index in [9.17, 15) is 0 Å². The summed E-state index contributed by atoms with van der Waals surface area (Å²) in [5.74, 6) is 7.24. The first-order chi connectivity index (χ1) is 56.8. The van der Waals surface area contributed by atoms with Gasteiger partial charge in [0.2, 0.25) is 0 Å². The van der Waals surface area contributed by atoms with Crippen molar-refractivity contribution >= 4 is 83.4 Å². The number of nitrogens with zero attached hydrogens (tertiary/aromatic N) is 21. The fourth-order valence-corrected chi connectivity index (χ4v) is 13.2. The Kier molecular flexibility index (Phi) is 20.9. The van der Waals surface area contributed by atoms with Crippen molar-refractivity contribution in [3.63, 3.8) is 0 Å². The third-order valence-corrected chi connectivity index (χ3v) is 19.2. The molecule has 0 radical (unpaired) electrons. The van der Waals surface area contributed by atoms with E-state index in [0.717, 1.165) is 100 Å². The second-order valence-corrected chi connectivity index (χ2v) is 26.3. The Balaban J connectivity index is 0.000000111. The average molecular weight is 1540 g/mol. The third kappa shape index (κ3) is 15.8. The smallest absolute Gasteiger partial charge is 0.192 e. The highest BCUT2D eigenvalue weighted by atomic mass is 32.1. The van der Waals surface area contributed by atoms with Gasteiger partial charge in [-0.05, 0) is 109 Å². The highest BCUT2D eigenvalue weighted by Gasteiger charge is 2.19. The van der Waals surface area contributed by atoms with Crippen LogP contribution in [0, 0.1) is 0 Å².